The molecular weight excluding hydrogens is 334 g/mol. The van der Waals surface area contributed by atoms with Crippen molar-refractivity contribution in [3.8, 4) is 6.07 Å². The minimum Gasteiger partial charge on any atom is -0.462 e. The minimum absolute atomic E-state index is 0.121. The van der Waals surface area contributed by atoms with E-state index in [0.29, 0.717) is 5.56 Å². The molecule has 0 aliphatic rings. The van der Waals surface area contributed by atoms with Crippen molar-refractivity contribution in [3.05, 3.63) is 27.8 Å². The Kier molecular flexibility index (Phi) is 6.95. The van der Waals surface area contributed by atoms with E-state index in [0.717, 1.165) is 17.5 Å². The van der Waals surface area contributed by atoms with Crippen LogP contribution in [0.3, 0.4) is 0 Å². The molecule has 0 saturated heterocycles. The van der Waals surface area contributed by atoms with E-state index in [1.807, 2.05) is 0 Å². The Balaban J connectivity index is 3.25. The molecule has 1 rings (SSSR count). The zero-order valence-electron chi connectivity index (χ0n) is 13.5. The highest BCUT2D eigenvalue weighted by Crippen LogP contribution is 2.33. The summed E-state index contributed by atoms with van der Waals surface area (Å²) in [6.45, 7) is 5.10. The molecule has 0 fully saturated rings. The van der Waals surface area contributed by atoms with Crippen molar-refractivity contribution in [2.24, 2.45) is 5.73 Å². The largest absolute Gasteiger partial charge is 0.462 e. The molecule has 8 nitrogen and oxygen atoms in total. The third-order valence-electron chi connectivity index (χ3n) is 2.81. The van der Waals surface area contributed by atoms with Crippen LogP contribution in [0.15, 0.2) is 11.8 Å². The SMILES string of the molecule is CCOC(=O)/C(C#N)=C/Nc1sc(C(N)=O)c(C)c1C(=O)OCC. The van der Waals surface area contributed by atoms with Crippen molar-refractivity contribution in [2.75, 3.05) is 18.5 Å². The molecule has 0 aliphatic heterocycles. The number of amides is 1. The van der Waals surface area contributed by atoms with Crippen molar-refractivity contribution in [1.82, 2.24) is 0 Å². The fourth-order valence-electron chi connectivity index (χ4n) is 1.78. The molecule has 9 heteroatoms. The molecule has 0 saturated carbocycles. The molecule has 3 N–H and O–H groups in total. The predicted molar refractivity (Wildman–Crippen MR) is 87.5 cm³/mol. The molecule has 0 atom stereocenters. The number of nitriles is 1. The molecule has 0 radical (unpaired) electrons. The minimum atomic E-state index is -0.798. The molecule has 0 unspecified atom stereocenters. The molecule has 24 heavy (non-hydrogen) atoms. The van der Waals surface area contributed by atoms with Crippen LogP contribution >= 0.6 is 11.3 Å². The van der Waals surface area contributed by atoms with Gasteiger partial charge in [-0.05, 0) is 26.3 Å². The van der Waals surface area contributed by atoms with E-state index >= 15 is 0 Å². The normalized spacial score (nSPS) is 10.7. The molecule has 1 amide bonds. The lowest BCUT2D eigenvalue weighted by Gasteiger charge is -2.05. The van der Waals surface area contributed by atoms with Crippen LogP contribution in [0.5, 0.6) is 0 Å². The number of nitrogens with two attached hydrogens (primary N) is 1. The number of carbonyl (C=O) groups excluding carboxylic acids is 3. The van der Waals surface area contributed by atoms with Crippen molar-refractivity contribution >= 4 is 34.2 Å². The van der Waals surface area contributed by atoms with Gasteiger partial charge >= 0.3 is 11.9 Å². The van der Waals surface area contributed by atoms with Crippen LogP contribution in [0.2, 0.25) is 0 Å². The topological polar surface area (TPSA) is 132 Å². The van der Waals surface area contributed by atoms with Crippen LogP contribution in [0.25, 0.3) is 0 Å². The van der Waals surface area contributed by atoms with E-state index < -0.39 is 17.8 Å². The van der Waals surface area contributed by atoms with Crippen LogP contribution in [-0.4, -0.2) is 31.1 Å². The summed E-state index contributed by atoms with van der Waals surface area (Å²) >= 11 is 0.933. The second kappa shape index (κ2) is 8.69. The quantitative estimate of drug-likeness (QED) is 0.434. The maximum Gasteiger partial charge on any atom is 0.350 e. The zero-order valence-corrected chi connectivity index (χ0v) is 14.3. The Labute approximate surface area is 142 Å². The number of rotatable bonds is 7. The van der Waals surface area contributed by atoms with Gasteiger partial charge in [0.15, 0.2) is 5.57 Å². The first-order valence-electron chi connectivity index (χ1n) is 7.01. The Morgan fingerprint density at radius 2 is 1.92 bits per heavy atom. The number of anilines is 1. The van der Waals surface area contributed by atoms with Gasteiger partial charge in [-0.3, -0.25) is 4.79 Å². The number of nitrogens with zero attached hydrogens (tertiary/aromatic N) is 1. The number of nitrogens with one attached hydrogen (secondary N) is 1. The van der Waals surface area contributed by atoms with Crippen molar-refractivity contribution in [1.29, 1.82) is 5.26 Å². The summed E-state index contributed by atoms with van der Waals surface area (Å²) in [5.74, 6) is -2.12. The summed E-state index contributed by atoms with van der Waals surface area (Å²) in [7, 11) is 0. The first-order valence-corrected chi connectivity index (χ1v) is 7.83. The second-order valence-electron chi connectivity index (χ2n) is 4.38. The second-order valence-corrected chi connectivity index (χ2v) is 5.40. The van der Waals surface area contributed by atoms with E-state index in [1.165, 1.54) is 0 Å². The molecule has 0 aromatic carbocycles. The van der Waals surface area contributed by atoms with Gasteiger partial charge in [0, 0.05) is 6.20 Å². The van der Waals surface area contributed by atoms with Crippen LogP contribution in [0.4, 0.5) is 5.00 Å². The van der Waals surface area contributed by atoms with Crippen LogP contribution < -0.4 is 11.1 Å². The van der Waals surface area contributed by atoms with Gasteiger partial charge in [-0.1, -0.05) is 0 Å². The highest BCUT2D eigenvalue weighted by atomic mass is 32.1. The molecule has 0 bridgehead atoms. The number of hydrogen-bond acceptors (Lipinski definition) is 8. The molecule has 1 heterocycles. The fraction of sp³-hybridized carbons (Fsp3) is 0.333. The van der Waals surface area contributed by atoms with E-state index in [9.17, 15) is 14.4 Å². The number of thiophene rings is 1. The van der Waals surface area contributed by atoms with E-state index in [2.05, 4.69) is 5.32 Å². The summed E-state index contributed by atoms with van der Waals surface area (Å²) in [5.41, 5.74) is 5.52. The van der Waals surface area contributed by atoms with Crippen LogP contribution in [0, 0.1) is 18.3 Å². The number of ether oxygens (including phenoxy) is 2. The zero-order chi connectivity index (χ0) is 18.3. The summed E-state index contributed by atoms with van der Waals surface area (Å²) < 4.78 is 9.69. The van der Waals surface area contributed by atoms with Gasteiger partial charge in [0.2, 0.25) is 0 Å². The lowest BCUT2D eigenvalue weighted by molar-refractivity contribution is -0.138. The molecule has 1 aromatic rings. The van der Waals surface area contributed by atoms with Gasteiger partial charge in [-0.2, -0.15) is 5.26 Å². The van der Waals surface area contributed by atoms with Crippen molar-refractivity contribution in [3.63, 3.8) is 0 Å². The summed E-state index contributed by atoms with van der Waals surface area (Å²) in [4.78, 5) is 35.3. The Hall–Kier alpha value is -2.86. The number of hydrogen-bond donors (Lipinski definition) is 2. The van der Waals surface area contributed by atoms with Gasteiger partial charge in [-0.15, -0.1) is 11.3 Å². The Morgan fingerprint density at radius 1 is 1.29 bits per heavy atom. The predicted octanol–water partition coefficient (Wildman–Crippen LogP) is 1.71. The summed E-state index contributed by atoms with van der Waals surface area (Å²) in [6, 6.07) is 1.70. The maximum atomic E-state index is 12.1. The molecular formula is C15H17N3O5S. The number of esters is 2. The first-order chi connectivity index (χ1) is 11.4. The maximum absolute atomic E-state index is 12.1. The van der Waals surface area contributed by atoms with Crippen LogP contribution in [-0.2, 0) is 14.3 Å². The summed E-state index contributed by atoms with van der Waals surface area (Å²) in [5, 5.41) is 11.9. The lowest BCUT2D eigenvalue weighted by Crippen LogP contribution is -2.12. The Bertz CT molecular complexity index is 730. The summed E-state index contributed by atoms with van der Waals surface area (Å²) in [6.07, 6.45) is 1.11. The molecule has 0 aliphatic carbocycles. The van der Waals surface area contributed by atoms with E-state index in [4.69, 9.17) is 20.5 Å². The van der Waals surface area contributed by atoms with E-state index in [1.54, 1.807) is 26.8 Å². The average molecular weight is 351 g/mol. The Morgan fingerprint density at radius 3 is 2.42 bits per heavy atom. The van der Waals surface area contributed by atoms with E-state index in [-0.39, 0.29) is 34.2 Å². The molecule has 128 valence electrons. The number of carbonyl (C=O) groups is 3. The third-order valence-corrected chi connectivity index (χ3v) is 4.05. The van der Waals surface area contributed by atoms with Crippen molar-refractivity contribution in [2.45, 2.75) is 20.8 Å². The molecule has 1 aromatic heterocycles. The monoisotopic (exact) mass is 351 g/mol. The average Bonchev–Trinajstić information content (AvgIpc) is 2.85. The highest BCUT2D eigenvalue weighted by molar-refractivity contribution is 7.18. The highest BCUT2D eigenvalue weighted by Gasteiger charge is 2.24. The first kappa shape index (κ1) is 19.2. The van der Waals surface area contributed by atoms with Gasteiger partial charge in [0.1, 0.15) is 11.1 Å². The van der Waals surface area contributed by atoms with Crippen LogP contribution in [0.1, 0.15) is 39.4 Å². The smallest absolute Gasteiger partial charge is 0.350 e. The number of primary amides is 1. The van der Waals surface area contributed by atoms with Gasteiger partial charge in [-0.25, -0.2) is 9.59 Å². The third kappa shape index (κ3) is 4.33. The van der Waals surface area contributed by atoms with Gasteiger partial charge in [0.25, 0.3) is 5.91 Å². The van der Waals surface area contributed by atoms with Crippen molar-refractivity contribution < 1.29 is 23.9 Å². The standard InChI is InChI=1S/C15H17N3O5S/c1-4-22-14(20)9(6-16)7-18-13-10(15(21)23-5-2)8(3)11(24-13)12(17)19/h7,18H,4-5H2,1-3H3,(H2,17,19)/b9-7+. The lowest BCUT2D eigenvalue weighted by atomic mass is 10.1. The van der Waals surface area contributed by atoms with Gasteiger partial charge in [0.05, 0.1) is 23.7 Å². The fourth-order valence-corrected chi connectivity index (χ4v) is 2.80. The van der Waals surface area contributed by atoms with Gasteiger partial charge < -0.3 is 20.5 Å². The molecule has 0 spiro atoms.